The molecule has 2 atom stereocenters. The summed E-state index contributed by atoms with van der Waals surface area (Å²) in [6, 6.07) is 10.2. The Morgan fingerprint density at radius 1 is 1.38 bits per heavy atom. The van der Waals surface area contributed by atoms with Gasteiger partial charge in [-0.2, -0.15) is 0 Å². The number of ether oxygens (including phenoxy) is 2. The van der Waals surface area contributed by atoms with Crippen LogP contribution in [0.1, 0.15) is 12.5 Å². The summed E-state index contributed by atoms with van der Waals surface area (Å²) in [6.07, 6.45) is 0.559. The Balaban J connectivity index is 1.80. The summed E-state index contributed by atoms with van der Waals surface area (Å²) in [5, 5.41) is 0. The van der Waals surface area contributed by atoms with E-state index in [1.165, 1.54) is 5.56 Å². The Morgan fingerprint density at radius 2 is 2.15 bits per heavy atom. The van der Waals surface area contributed by atoms with Gasteiger partial charge in [-0.3, -0.25) is 0 Å². The Hall–Kier alpha value is -0.860. The first kappa shape index (κ1) is 8.73. The minimum absolute atomic E-state index is 0.267. The number of hydrogen-bond donors (Lipinski definition) is 0. The van der Waals surface area contributed by atoms with Crippen LogP contribution in [0.3, 0.4) is 0 Å². The van der Waals surface area contributed by atoms with Crippen LogP contribution in [-0.4, -0.2) is 18.8 Å². The van der Waals surface area contributed by atoms with Gasteiger partial charge < -0.3 is 9.47 Å². The summed E-state index contributed by atoms with van der Waals surface area (Å²) in [5.41, 5.74) is 1.22. The predicted molar refractivity (Wildman–Crippen MR) is 50.4 cm³/mol. The third-order valence-electron chi connectivity index (χ3n) is 2.35. The summed E-state index contributed by atoms with van der Waals surface area (Å²) in [5.74, 6) is 0. The highest BCUT2D eigenvalue weighted by Gasteiger charge is 2.28. The van der Waals surface area contributed by atoms with E-state index in [1.807, 2.05) is 25.1 Å². The molecule has 0 aromatic heterocycles. The zero-order valence-electron chi connectivity index (χ0n) is 7.77. The fourth-order valence-corrected chi connectivity index (χ4v) is 1.33. The minimum Gasteiger partial charge on any atom is -0.373 e. The summed E-state index contributed by atoms with van der Waals surface area (Å²) >= 11 is 0. The molecule has 0 bridgehead atoms. The number of rotatable bonds is 3. The molecule has 0 N–H and O–H groups in total. The SMILES string of the molecule is CC1OC[C@@H]1OCc1ccccc1. The van der Waals surface area contributed by atoms with E-state index >= 15 is 0 Å². The Labute approximate surface area is 78.5 Å². The van der Waals surface area contributed by atoms with Crippen LogP contribution in [0, 0.1) is 0 Å². The van der Waals surface area contributed by atoms with Crippen molar-refractivity contribution in [1.82, 2.24) is 0 Å². The molecule has 1 saturated heterocycles. The first-order valence-corrected chi connectivity index (χ1v) is 4.63. The first-order valence-electron chi connectivity index (χ1n) is 4.63. The summed E-state index contributed by atoms with van der Waals surface area (Å²) < 4.78 is 10.9. The highest BCUT2D eigenvalue weighted by molar-refractivity contribution is 5.13. The van der Waals surface area contributed by atoms with Crippen molar-refractivity contribution in [2.24, 2.45) is 0 Å². The van der Waals surface area contributed by atoms with E-state index < -0.39 is 0 Å². The molecule has 0 aliphatic carbocycles. The molecule has 0 spiro atoms. The molecule has 2 heteroatoms. The predicted octanol–water partition coefficient (Wildman–Crippen LogP) is 1.99. The average molecular weight is 178 g/mol. The molecule has 1 unspecified atom stereocenters. The van der Waals surface area contributed by atoms with E-state index in [0.29, 0.717) is 12.7 Å². The lowest BCUT2D eigenvalue weighted by molar-refractivity contribution is -0.184. The number of hydrogen-bond acceptors (Lipinski definition) is 2. The maximum atomic E-state index is 5.65. The van der Waals surface area contributed by atoms with Crippen LogP contribution < -0.4 is 0 Å². The van der Waals surface area contributed by atoms with Crippen LogP contribution in [0.15, 0.2) is 30.3 Å². The van der Waals surface area contributed by atoms with Gasteiger partial charge in [0.25, 0.3) is 0 Å². The second-order valence-corrected chi connectivity index (χ2v) is 3.37. The molecule has 2 rings (SSSR count). The zero-order chi connectivity index (χ0) is 9.10. The van der Waals surface area contributed by atoms with Gasteiger partial charge >= 0.3 is 0 Å². The summed E-state index contributed by atoms with van der Waals surface area (Å²) in [4.78, 5) is 0. The molecular formula is C11H14O2. The minimum atomic E-state index is 0.267. The lowest BCUT2D eigenvalue weighted by Gasteiger charge is -2.33. The summed E-state index contributed by atoms with van der Waals surface area (Å²) in [7, 11) is 0. The molecule has 0 amide bonds. The fourth-order valence-electron chi connectivity index (χ4n) is 1.33. The second-order valence-electron chi connectivity index (χ2n) is 3.37. The van der Waals surface area contributed by atoms with Gasteiger partial charge in [-0.05, 0) is 12.5 Å². The lowest BCUT2D eigenvalue weighted by atomic mass is 10.1. The van der Waals surface area contributed by atoms with Crippen molar-refractivity contribution in [3.05, 3.63) is 35.9 Å². The van der Waals surface area contributed by atoms with Gasteiger partial charge in [0.2, 0.25) is 0 Å². The molecule has 1 aromatic carbocycles. The molecule has 13 heavy (non-hydrogen) atoms. The van der Waals surface area contributed by atoms with Crippen LogP contribution in [0.2, 0.25) is 0 Å². The molecule has 1 fully saturated rings. The topological polar surface area (TPSA) is 18.5 Å². The van der Waals surface area contributed by atoms with E-state index in [-0.39, 0.29) is 6.10 Å². The third kappa shape index (κ3) is 2.08. The van der Waals surface area contributed by atoms with Crippen molar-refractivity contribution in [2.45, 2.75) is 25.7 Å². The van der Waals surface area contributed by atoms with E-state index in [9.17, 15) is 0 Å². The number of benzene rings is 1. The molecule has 1 aliphatic rings. The van der Waals surface area contributed by atoms with Crippen molar-refractivity contribution in [3.8, 4) is 0 Å². The van der Waals surface area contributed by atoms with Crippen molar-refractivity contribution in [1.29, 1.82) is 0 Å². The normalized spacial score (nSPS) is 26.8. The van der Waals surface area contributed by atoms with Crippen molar-refractivity contribution >= 4 is 0 Å². The van der Waals surface area contributed by atoms with Gasteiger partial charge in [-0.25, -0.2) is 0 Å². The Kier molecular flexibility index (Phi) is 2.62. The molecule has 70 valence electrons. The van der Waals surface area contributed by atoms with Crippen molar-refractivity contribution in [2.75, 3.05) is 6.61 Å². The van der Waals surface area contributed by atoms with E-state index in [1.54, 1.807) is 0 Å². The van der Waals surface area contributed by atoms with Gasteiger partial charge in [0.1, 0.15) is 6.10 Å². The fraction of sp³-hybridized carbons (Fsp3) is 0.455. The molecule has 2 nitrogen and oxygen atoms in total. The Morgan fingerprint density at radius 3 is 2.69 bits per heavy atom. The third-order valence-corrected chi connectivity index (χ3v) is 2.35. The quantitative estimate of drug-likeness (QED) is 0.704. The smallest absolute Gasteiger partial charge is 0.107 e. The largest absolute Gasteiger partial charge is 0.373 e. The highest BCUT2D eigenvalue weighted by Crippen LogP contribution is 2.16. The van der Waals surface area contributed by atoms with Crippen molar-refractivity contribution in [3.63, 3.8) is 0 Å². The maximum Gasteiger partial charge on any atom is 0.107 e. The van der Waals surface area contributed by atoms with Crippen molar-refractivity contribution < 1.29 is 9.47 Å². The molecule has 1 aliphatic heterocycles. The Bertz CT molecular complexity index is 258. The van der Waals surface area contributed by atoms with Crippen LogP contribution in [0.4, 0.5) is 0 Å². The van der Waals surface area contributed by atoms with Gasteiger partial charge in [0.15, 0.2) is 0 Å². The standard InChI is InChI=1S/C11H14O2/c1-9-11(8-12-9)13-7-10-5-3-2-4-6-10/h2-6,9,11H,7-8H2,1H3/t9?,11-/m0/s1. The highest BCUT2D eigenvalue weighted by atomic mass is 16.6. The molecule has 1 heterocycles. The lowest BCUT2D eigenvalue weighted by Crippen LogP contribution is -2.44. The maximum absolute atomic E-state index is 5.65. The molecule has 0 radical (unpaired) electrons. The van der Waals surface area contributed by atoms with E-state index in [0.717, 1.165) is 6.61 Å². The summed E-state index contributed by atoms with van der Waals surface area (Å²) in [6.45, 7) is 3.48. The van der Waals surface area contributed by atoms with Crippen LogP contribution in [0.5, 0.6) is 0 Å². The molecular weight excluding hydrogens is 164 g/mol. The van der Waals surface area contributed by atoms with Gasteiger partial charge in [0.05, 0.1) is 19.3 Å². The van der Waals surface area contributed by atoms with Crippen LogP contribution >= 0.6 is 0 Å². The van der Waals surface area contributed by atoms with Gasteiger partial charge in [-0.15, -0.1) is 0 Å². The van der Waals surface area contributed by atoms with Crippen LogP contribution in [0.25, 0.3) is 0 Å². The first-order chi connectivity index (χ1) is 6.36. The monoisotopic (exact) mass is 178 g/mol. The molecule has 0 saturated carbocycles. The van der Waals surface area contributed by atoms with E-state index in [2.05, 4.69) is 12.1 Å². The average Bonchev–Trinajstić information content (AvgIpc) is 2.17. The van der Waals surface area contributed by atoms with Gasteiger partial charge in [-0.1, -0.05) is 30.3 Å². The zero-order valence-corrected chi connectivity index (χ0v) is 7.77. The van der Waals surface area contributed by atoms with E-state index in [4.69, 9.17) is 9.47 Å². The van der Waals surface area contributed by atoms with Crippen LogP contribution in [-0.2, 0) is 16.1 Å². The van der Waals surface area contributed by atoms with Gasteiger partial charge in [0, 0.05) is 0 Å². The second kappa shape index (κ2) is 3.90. The molecule has 1 aromatic rings.